The van der Waals surface area contributed by atoms with E-state index in [1.165, 1.54) is 11.3 Å². The molecule has 2 rings (SSSR count). The van der Waals surface area contributed by atoms with Gasteiger partial charge in [-0.3, -0.25) is 9.69 Å². The number of nitrogens with two attached hydrogens (primary N) is 1. The van der Waals surface area contributed by atoms with Gasteiger partial charge in [0.2, 0.25) is 5.91 Å². The zero-order chi connectivity index (χ0) is 15.4. The lowest BCUT2D eigenvalue weighted by atomic mass is 9.91. The molecule has 0 saturated heterocycles. The van der Waals surface area contributed by atoms with Gasteiger partial charge in [-0.15, -0.1) is 11.3 Å². The average molecular weight is 330 g/mol. The van der Waals surface area contributed by atoms with Gasteiger partial charge in [-0.05, 0) is 44.9 Å². The lowest BCUT2D eigenvalue weighted by Gasteiger charge is -2.33. The Morgan fingerprint density at radius 3 is 2.57 bits per heavy atom. The topological polar surface area (TPSA) is 49.6 Å². The summed E-state index contributed by atoms with van der Waals surface area (Å²) in [7, 11) is 3.88. The van der Waals surface area contributed by atoms with Crippen LogP contribution in [0.5, 0.6) is 0 Å². The minimum Gasteiger partial charge on any atom is -0.340 e. The van der Waals surface area contributed by atoms with Gasteiger partial charge < -0.3 is 10.6 Å². The number of hydrogen-bond donors (Lipinski definition) is 1. The lowest BCUT2D eigenvalue weighted by Crippen LogP contribution is -2.44. The number of hydrogen-bond acceptors (Lipinski definition) is 4. The van der Waals surface area contributed by atoms with E-state index in [1.54, 1.807) is 4.90 Å². The second-order valence-electron chi connectivity index (χ2n) is 5.94. The molecule has 0 unspecified atom stereocenters. The molecule has 1 fully saturated rings. The smallest absolute Gasteiger partial charge is 0.236 e. The molecule has 1 aromatic heterocycles. The highest BCUT2D eigenvalue weighted by Gasteiger charge is 2.24. The van der Waals surface area contributed by atoms with Gasteiger partial charge in [-0.1, -0.05) is 11.6 Å². The van der Waals surface area contributed by atoms with Crippen molar-refractivity contribution < 1.29 is 4.79 Å². The molecule has 2 N–H and O–H groups in total. The summed E-state index contributed by atoms with van der Waals surface area (Å²) in [6.07, 6.45) is 4.31. The standard InChI is InChI=1S/C15H24ClN3OS/c1-18(12-5-3-11(17)4-6-12)10-15(20)19(2)9-13-7-8-14(16)21-13/h7-8,11-12H,3-6,9-10,17H2,1-2H3. The van der Waals surface area contributed by atoms with Gasteiger partial charge in [-0.25, -0.2) is 0 Å². The quantitative estimate of drug-likeness (QED) is 0.903. The van der Waals surface area contributed by atoms with Gasteiger partial charge in [-0.2, -0.15) is 0 Å². The molecule has 118 valence electrons. The van der Waals surface area contributed by atoms with Crippen LogP contribution in [0.25, 0.3) is 0 Å². The highest BCUT2D eigenvalue weighted by atomic mass is 35.5. The Bertz CT molecular complexity index is 471. The van der Waals surface area contributed by atoms with Crippen LogP contribution in [-0.4, -0.2) is 48.4 Å². The molecular weight excluding hydrogens is 306 g/mol. The molecule has 1 aliphatic rings. The largest absolute Gasteiger partial charge is 0.340 e. The highest BCUT2D eigenvalue weighted by molar-refractivity contribution is 7.16. The van der Waals surface area contributed by atoms with Crippen molar-refractivity contribution in [2.45, 2.75) is 44.3 Å². The maximum absolute atomic E-state index is 12.3. The van der Waals surface area contributed by atoms with Crippen molar-refractivity contribution in [3.63, 3.8) is 0 Å². The van der Waals surface area contributed by atoms with E-state index in [0.29, 0.717) is 25.2 Å². The Kier molecular flexibility index (Phi) is 6.05. The Hall–Kier alpha value is -0.620. The normalized spacial score (nSPS) is 22.5. The van der Waals surface area contributed by atoms with Crippen molar-refractivity contribution in [3.05, 3.63) is 21.3 Å². The van der Waals surface area contributed by atoms with Gasteiger partial charge in [0.1, 0.15) is 0 Å². The fourth-order valence-corrected chi connectivity index (χ4v) is 3.91. The van der Waals surface area contributed by atoms with Gasteiger partial charge >= 0.3 is 0 Å². The van der Waals surface area contributed by atoms with E-state index in [9.17, 15) is 4.79 Å². The van der Waals surface area contributed by atoms with Crippen LogP contribution in [0.3, 0.4) is 0 Å². The zero-order valence-electron chi connectivity index (χ0n) is 12.7. The number of amides is 1. The Morgan fingerprint density at radius 1 is 1.33 bits per heavy atom. The summed E-state index contributed by atoms with van der Waals surface area (Å²) in [5, 5.41) is 0. The van der Waals surface area contributed by atoms with E-state index >= 15 is 0 Å². The minimum atomic E-state index is 0.150. The number of thiophene rings is 1. The molecule has 1 amide bonds. The summed E-state index contributed by atoms with van der Waals surface area (Å²) >= 11 is 7.44. The van der Waals surface area contributed by atoms with Crippen LogP contribution in [0.15, 0.2) is 12.1 Å². The first-order valence-corrected chi connectivity index (χ1v) is 8.59. The van der Waals surface area contributed by atoms with Crippen molar-refractivity contribution >= 4 is 28.8 Å². The zero-order valence-corrected chi connectivity index (χ0v) is 14.3. The van der Waals surface area contributed by atoms with Crippen LogP contribution in [0.1, 0.15) is 30.6 Å². The first kappa shape index (κ1) is 16.7. The van der Waals surface area contributed by atoms with Crippen LogP contribution < -0.4 is 5.73 Å². The van der Waals surface area contributed by atoms with Gasteiger partial charge in [0.15, 0.2) is 0 Å². The van der Waals surface area contributed by atoms with E-state index in [0.717, 1.165) is 34.9 Å². The fraction of sp³-hybridized carbons (Fsp3) is 0.667. The first-order chi connectivity index (χ1) is 9.95. The fourth-order valence-electron chi connectivity index (χ4n) is 2.76. The van der Waals surface area contributed by atoms with Crippen LogP contribution in [0.2, 0.25) is 4.34 Å². The second kappa shape index (κ2) is 7.58. The number of rotatable bonds is 5. The van der Waals surface area contributed by atoms with Crippen molar-refractivity contribution in [2.75, 3.05) is 20.6 Å². The summed E-state index contributed by atoms with van der Waals surface area (Å²) in [6, 6.07) is 4.68. The molecular formula is C15H24ClN3OS. The minimum absolute atomic E-state index is 0.150. The second-order valence-corrected chi connectivity index (χ2v) is 7.74. The molecule has 1 aromatic rings. The van der Waals surface area contributed by atoms with E-state index < -0.39 is 0 Å². The first-order valence-electron chi connectivity index (χ1n) is 7.39. The summed E-state index contributed by atoms with van der Waals surface area (Å²) in [5.74, 6) is 0.150. The monoisotopic (exact) mass is 329 g/mol. The SMILES string of the molecule is CN(Cc1ccc(Cl)s1)C(=O)CN(C)C1CCC(N)CC1. The third kappa shape index (κ3) is 4.95. The van der Waals surface area contributed by atoms with E-state index in [4.69, 9.17) is 17.3 Å². The molecule has 0 bridgehead atoms. The number of carbonyl (C=O) groups is 1. The average Bonchev–Trinajstić information content (AvgIpc) is 2.84. The molecule has 6 heteroatoms. The molecule has 1 heterocycles. The Balaban J connectivity index is 1.79. The molecule has 0 atom stereocenters. The lowest BCUT2D eigenvalue weighted by molar-refractivity contribution is -0.132. The molecule has 21 heavy (non-hydrogen) atoms. The molecule has 1 saturated carbocycles. The van der Waals surface area contributed by atoms with Gasteiger partial charge in [0.25, 0.3) is 0 Å². The number of carbonyl (C=O) groups excluding carboxylic acids is 1. The maximum Gasteiger partial charge on any atom is 0.236 e. The van der Waals surface area contributed by atoms with Crippen molar-refractivity contribution in [3.8, 4) is 0 Å². The van der Waals surface area contributed by atoms with Crippen molar-refractivity contribution in [2.24, 2.45) is 5.73 Å². The van der Waals surface area contributed by atoms with Crippen LogP contribution in [0.4, 0.5) is 0 Å². The highest BCUT2D eigenvalue weighted by Crippen LogP contribution is 2.23. The van der Waals surface area contributed by atoms with Crippen LogP contribution >= 0.6 is 22.9 Å². The molecule has 0 aliphatic heterocycles. The summed E-state index contributed by atoms with van der Waals surface area (Å²) in [5.41, 5.74) is 5.93. The molecule has 1 aliphatic carbocycles. The molecule has 4 nitrogen and oxygen atoms in total. The maximum atomic E-state index is 12.3. The van der Waals surface area contributed by atoms with Crippen LogP contribution in [-0.2, 0) is 11.3 Å². The predicted molar refractivity (Wildman–Crippen MR) is 88.7 cm³/mol. The summed E-state index contributed by atoms with van der Waals surface area (Å²) in [4.78, 5) is 17.4. The number of nitrogens with zero attached hydrogens (tertiary/aromatic N) is 2. The summed E-state index contributed by atoms with van der Waals surface area (Å²) < 4.78 is 0.765. The summed E-state index contributed by atoms with van der Waals surface area (Å²) in [6.45, 7) is 1.09. The number of likely N-dealkylation sites (N-methyl/N-ethyl adjacent to an activating group) is 2. The third-order valence-electron chi connectivity index (χ3n) is 4.20. The van der Waals surface area contributed by atoms with Gasteiger partial charge in [0, 0.05) is 24.0 Å². The van der Waals surface area contributed by atoms with E-state index in [-0.39, 0.29) is 5.91 Å². The molecule has 0 aromatic carbocycles. The molecule has 0 spiro atoms. The van der Waals surface area contributed by atoms with Gasteiger partial charge in [0.05, 0.1) is 17.4 Å². The van der Waals surface area contributed by atoms with Crippen molar-refractivity contribution in [1.82, 2.24) is 9.80 Å². The molecule has 0 radical (unpaired) electrons. The third-order valence-corrected chi connectivity index (χ3v) is 5.41. The number of halogens is 1. The van der Waals surface area contributed by atoms with Crippen molar-refractivity contribution in [1.29, 1.82) is 0 Å². The van der Waals surface area contributed by atoms with E-state index in [1.807, 2.05) is 26.2 Å². The predicted octanol–water partition coefficient (Wildman–Crippen LogP) is 2.56. The Morgan fingerprint density at radius 2 is 2.00 bits per heavy atom. The van der Waals surface area contributed by atoms with E-state index in [2.05, 4.69) is 4.90 Å². The van der Waals surface area contributed by atoms with Crippen LogP contribution in [0, 0.1) is 0 Å². The Labute approximate surface area is 135 Å².